The average Bonchev–Trinajstić information content (AvgIpc) is 2.26. The van der Waals surface area contributed by atoms with Crippen LogP contribution in [0.3, 0.4) is 0 Å². The Hall–Kier alpha value is -1.56. The van der Waals surface area contributed by atoms with E-state index < -0.39 is 5.60 Å². The van der Waals surface area contributed by atoms with Crippen LogP contribution in [0.15, 0.2) is 6.33 Å². The van der Waals surface area contributed by atoms with Crippen molar-refractivity contribution in [3.05, 3.63) is 6.33 Å². The molecule has 0 fully saturated rings. The van der Waals surface area contributed by atoms with Crippen LogP contribution in [-0.2, 0) is 0 Å². The van der Waals surface area contributed by atoms with Gasteiger partial charge in [-0.3, -0.25) is 0 Å². The molecular weight excluding hydrogens is 220 g/mol. The van der Waals surface area contributed by atoms with E-state index in [0.29, 0.717) is 23.9 Å². The van der Waals surface area contributed by atoms with E-state index in [1.54, 1.807) is 21.0 Å². The maximum absolute atomic E-state index is 9.65. The molecule has 1 aromatic heterocycles. The molecule has 1 heterocycles. The van der Waals surface area contributed by atoms with Crippen LogP contribution in [0, 0.1) is 0 Å². The smallest absolute Gasteiger partial charge is 0.204 e. The highest BCUT2D eigenvalue weighted by atomic mass is 16.5. The summed E-state index contributed by atoms with van der Waals surface area (Å²) in [5, 5.41) is 15.8. The van der Waals surface area contributed by atoms with Gasteiger partial charge in [0.05, 0.1) is 12.7 Å². The number of ether oxygens (including phenoxy) is 1. The van der Waals surface area contributed by atoms with Gasteiger partial charge in [0.2, 0.25) is 5.75 Å². The second-order valence-electron chi connectivity index (χ2n) is 4.30. The largest absolute Gasteiger partial charge is 0.490 e. The van der Waals surface area contributed by atoms with Crippen molar-refractivity contribution in [1.29, 1.82) is 0 Å². The summed E-state index contributed by atoms with van der Waals surface area (Å²) in [4.78, 5) is 8.19. The van der Waals surface area contributed by atoms with Gasteiger partial charge < -0.3 is 20.5 Å². The quantitative estimate of drug-likeness (QED) is 0.691. The molecule has 96 valence electrons. The van der Waals surface area contributed by atoms with Crippen molar-refractivity contribution >= 4 is 11.6 Å². The first-order valence-electron chi connectivity index (χ1n) is 5.57. The monoisotopic (exact) mass is 240 g/mol. The first kappa shape index (κ1) is 13.5. The summed E-state index contributed by atoms with van der Waals surface area (Å²) in [5.74, 6) is 1.77. The molecule has 0 aliphatic heterocycles. The summed E-state index contributed by atoms with van der Waals surface area (Å²) in [7, 11) is 1.56. The van der Waals surface area contributed by atoms with Crippen molar-refractivity contribution in [2.24, 2.45) is 0 Å². The Bertz CT molecular complexity index is 363. The molecular formula is C11H20N4O2. The Balaban J connectivity index is 2.87. The van der Waals surface area contributed by atoms with Gasteiger partial charge in [-0.25, -0.2) is 9.97 Å². The molecule has 17 heavy (non-hydrogen) atoms. The molecule has 0 bridgehead atoms. The Labute approximate surface area is 101 Å². The Morgan fingerprint density at radius 2 is 1.88 bits per heavy atom. The Morgan fingerprint density at radius 1 is 1.29 bits per heavy atom. The van der Waals surface area contributed by atoms with Gasteiger partial charge in [0.15, 0.2) is 11.6 Å². The van der Waals surface area contributed by atoms with Crippen molar-refractivity contribution in [1.82, 2.24) is 9.97 Å². The van der Waals surface area contributed by atoms with E-state index in [2.05, 4.69) is 20.6 Å². The number of aliphatic hydroxyl groups is 1. The third kappa shape index (κ3) is 4.07. The number of rotatable bonds is 6. The van der Waals surface area contributed by atoms with Gasteiger partial charge in [0.25, 0.3) is 0 Å². The molecule has 0 amide bonds. The minimum atomic E-state index is -0.811. The zero-order valence-electron chi connectivity index (χ0n) is 10.7. The average molecular weight is 240 g/mol. The maximum Gasteiger partial charge on any atom is 0.204 e. The van der Waals surface area contributed by atoms with Gasteiger partial charge in [0.1, 0.15) is 6.33 Å². The summed E-state index contributed by atoms with van der Waals surface area (Å²) < 4.78 is 5.26. The standard InChI is InChI=1S/C11H20N4O2/c1-5-12-9-8(17-4)10(15-7-14-9)13-6-11(2,3)16/h7,16H,5-6H2,1-4H3,(H2,12,13,14,15). The summed E-state index contributed by atoms with van der Waals surface area (Å²) in [6.07, 6.45) is 1.45. The predicted molar refractivity (Wildman–Crippen MR) is 67.5 cm³/mol. The van der Waals surface area contributed by atoms with Crippen LogP contribution in [0.1, 0.15) is 20.8 Å². The lowest BCUT2D eigenvalue weighted by molar-refractivity contribution is 0.0943. The minimum absolute atomic E-state index is 0.381. The number of hydrogen-bond donors (Lipinski definition) is 3. The van der Waals surface area contributed by atoms with Crippen molar-refractivity contribution < 1.29 is 9.84 Å². The Kier molecular flexibility index (Phi) is 4.51. The van der Waals surface area contributed by atoms with Gasteiger partial charge in [-0.2, -0.15) is 0 Å². The molecule has 3 N–H and O–H groups in total. The number of anilines is 2. The molecule has 0 aliphatic carbocycles. The van der Waals surface area contributed by atoms with Crippen LogP contribution in [0.5, 0.6) is 5.75 Å². The fraction of sp³-hybridized carbons (Fsp3) is 0.636. The zero-order chi connectivity index (χ0) is 12.9. The van der Waals surface area contributed by atoms with Gasteiger partial charge in [0, 0.05) is 13.1 Å². The molecule has 0 unspecified atom stereocenters. The van der Waals surface area contributed by atoms with Gasteiger partial charge in [-0.05, 0) is 20.8 Å². The number of hydrogen-bond acceptors (Lipinski definition) is 6. The van der Waals surface area contributed by atoms with E-state index in [1.807, 2.05) is 6.92 Å². The summed E-state index contributed by atoms with van der Waals surface area (Å²) >= 11 is 0. The number of nitrogens with zero attached hydrogens (tertiary/aromatic N) is 2. The van der Waals surface area contributed by atoms with Crippen molar-refractivity contribution in [2.75, 3.05) is 30.8 Å². The lowest BCUT2D eigenvalue weighted by Gasteiger charge is -2.19. The van der Waals surface area contributed by atoms with E-state index in [-0.39, 0.29) is 0 Å². The zero-order valence-corrected chi connectivity index (χ0v) is 10.7. The Morgan fingerprint density at radius 3 is 2.35 bits per heavy atom. The summed E-state index contributed by atoms with van der Waals surface area (Å²) in [6, 6.07) is 0. The molecule has 0 spiro atoms. The molecule has 1 aromatic rings. The number of methoxy groups -OCH3 is 1. The van der Waals surface area contributed by atoms with Crippen LogP contribution >= 0.6 is 0 Å². The van der Waals surface area contributed by atoms with Gasteiger partial charge in [-0.15, -0.1) is 0 Å². The molecule has 0 radical (unpaired) electrons. The van der Waals surface area contributed by atoms with Crippen LogP contribution in [0.4, 0.5) is 11.6 Å². The highest BCUT2D eigenvalue weighted by Gasteiger charge is 2.16. The van der Waals surface area contributed by atoms with Crippen molar-refractivity contribution in [2.45, 2.75) is 26.4 Å². The summed E-state index contributed by atoms with van der Waals surface area (Å²) in [6.45, 7) is 6.55. The van der Waals surface area contributed by atoms with E-state index in [4.69, 9.17) is 4.74 Å². The molecule has 0 saturated carbocycles. The molecule has 0 aliphatic rings. The third-order valence-electron chi connectivity index (χ3n) is 2.04. The number of nitrogens with one attached hydrogen (secondary N) is 2. The van der Waals surface area contributed by atoms with Crippen LogP contribution in [0.2, 0.25) is 0 Å². The second kappa shape index (κ2) is 5.67. The van der Waals surface area contributed by atoms with E-state index in [1.165, 1.54) is 6.33 Å². The molecule has 0 atom stereocenters. The third-order valence-corrected chi connectivity index (χ3v) is 2.04. The van der Waals surface area contributed by atoms with Crippen LogP contribution in [-0.4, -0.2) is 40.9 Å². The second-order valence-corrected chi connectivity index (χ2v) is 4.30. The van der Waals surface area contributed by atoms with Crippen LogP contribution in [0.25, 0.3) is 0 Å². The first-order chi connectivity index (χ1) is 7.98. The lowest BCUT2D eigenvalue weighted by Crippen LogP contribution is -2.29. The van der Waals surface area contributed by atoms with E-state index in [9.17, 15) is 5.11 Å². The van der Waals surface area contributed by atoms with Gasteiger partial charge >= 0.3 is 0 Å². The maximum atomic E-state index is 9.65. The fourth-order valence-electron chi connectivity index (χ4n) is 1.29. The topological polar surface area (TPSA) is 79.3 Å². The van der Waals surface area contributed by atoms with Crippen LogP contribution < -0.4 is 15.4 Å². The van der Waals surface area contributed by atoms with Crippen molar-refractivity contribution in [3.63, 3.8) is 0 Å². The lowest BCUT2D eigenvalue weighted by atomic mass is 10.1. The highest BCUT2D eigenvalue weighted by molar-refractivity contribution is 5.63. The molecule has 0 aromatic carbocycles. The summed E-state index contributed by atoms with van der Waals surface area (Å²) in [5.41, 5.74) is -0.811. The number of aromatic nitrogens is 2. The SMILES string of the molecule is CCNc1ncnc(NCC(C)(C)O)c1OC. The van der Waals surface area contributed by atoms with E-state index in [0.717, 1.165) is 6.54 Å². The molecule has 0 saturated heterocycles. The normalized spacial score (nSPS) is 11.1. The molecule has 6 heteroatoms. The molecule has 6 nitrogen and oxygen atoms in total. The molecule has 1 rings (SSSR count). The minimum Gasteiger partial charge on any atom is -0.490 e. The first-order valence-corrected chi connectivity index (χ1v) is 5.57. The van der Waals surface area contributed by atoms with Gasteiger partial charge in [-0.1, -0.05) is 0 Å². The van der Waals surface area contributed by atoms with Crippen molar-refractivity contribution in [3.8, 4) is 5.75 Å². The highest BCUT2D eigenvalue weighted by Crippen LogP contribution is 2.28. The predicted octanol–water partition coefficient (Wildman–Crippen LogP) is 1.10. The fourth-order valence-corrected chi connectivity index (χ4v) is 1.29. The van der Waals surface area contributed by atoms with E-state index >= 15 is 0 Å².